The molecule has 0 radical (unpaired) electrons. The average Bonchev–Trinajstić information content (AvgIpc) is 2.74. The number of hydrogen-bond donors (Lipinski definition) is 1. The van der Waals surface area contributed by atoms with Gasteiger partial charge in [0.1, 0.15) is 0 Å². The fraction of sp³-hybridized carbons (Fsp3) is 0.333. The van der Waals surface area contributed by atoms with Gasteiger partial charge in [-0.15, -0.1) is 11.8 Å². The molecule has 1 heterocycles. The summed E-state index contributed by atoms with van der Waals surface area (Å²) in [5.41, 5.74) is 2.49. The van der Waals surface area contributed by atoms with Crippen LogP contribution in [0.1, 0.15) is 30.4 Å². The molecule has 1 unspecified atom stereocenters. The summed E-state index contributed by atoms with van der Waals surface area (Å²) in [5.74, 6) is 0.848. The van der Waals surface area contributed by atoms with Crippen LogP contribution in [0.4, 0.5) is 0 Å². The van der Waals surface area contributed by atoms with Crippen LogP contribution in [0.3, 0.4) is 0 Å². The number of likely N-dealkylation sites (tertiary alicyclic amines) is 1. The first-order valence-corrected chi connectivity index (χ1v) is 11.3. The monoisotopic (exact) mass is 411 g/mol. The van der Waals surface area contributed by atoms with E-state index in [1.54, 1.807) is 0 Å². The molecule has 3 aromatic rings. The van der Waals surface area contributed by atoms with Crippen molar-refractivity contribution in [3.8, 4) is 0 Å². The Labute approximate surface area is 176 Å². The molecule has 1 N–H and O–H groups in total. The predicted octanol–water partition coefficient (Wildman–Crippen LogP) is 6.13. The normalized spacial score (nSPS) is 17.9. The van der Waals surface area contributed by atoms with Crippen molar-refractivity contribution in [2.24, 2.45) is 0 Å². The smallest absolute Gasteiger partial charge is 0.0586 e. The Bertz CT molecular complexity index is 940. The van der Waals surface area contributed by atoms with Gasteiger partial charge in [0.2, 0.25) is 0 Å². The second-order valence-electron chi connectivity index (χ2n) is 7.45. The summed E-state index contributed by atoms with van der Waals surface area (Å²) in [6.45, 7) is 2.14. The Morgan fingerprint density at radius 2 is 1.82 bits per heavy atom. The van der Waals surface area contributed by atoms with E-state index >= 15 is 0 Å². The SMILES string of the molecule is OCC1CCCCN1Cc1cccc(Cl)c1CSc1cccc2ccccc12. The summed E-state index contributed by atoms with van der Waals surface area (Å²) in [4.78, 5) is 3.71. The number of aliphatic hydroxyl groups excluding tert-OH is 1. The van der Waals surface area contributed by atoms with Crippen LogP contribution in [0, 0.1) is 0 Å². The van der Waals surface area contributed by atoms with E-state index in [2.05, 4.69) is 53.4 Å². The zero-order valence-electron chi connectivity index (χ0n) is 16.0. The lowest BCUT2D eigenvalue weighted by Gasteiger charge is -2.35. The second-order valence-corrected chi connectivity index (χ2v) is 8.87. The molecule has 0 aliphatic carbocycles. The van der Waals surface area contributed by atoms with Gasteiger partial charge in [-0.3, -0.25) is 4.90 Å². The first-order valence-electron chi connectivity index (χ1n) is 9.98. The lowest BCUT2D eigenvalue weighted by atomic mass is 10.0. The molecule has 1 atom stereocenters. The van der Waals surface area contributed by atoms with Crippen LogP contribution in [0.25, 0.3) is 10.8 Å². The van der Waals surface area contributed by atoms with E-state index in [1.807, 2.05) is 23.9 Å². The summed E-state index contributed by atoms with van der Waals surface area (Å²) in [7, 11) is 0. The van der Waals surface area contributed by atoms with Gasteiger partial charge >= 0.3 is 0 Å². The summed E-state index contributed by atoms with van der Waals surface area (Å²) >= 11 is 8.47. The van der Waals surface area contributed by atoms with Gasteiger partial charge in [0, 0.05) is 28.3 Å². The molecule has 2 nitrogen and oxygen atoms in total. The van der Waals surface area contributed by atoms with Crippen molar-refractivity contribution in [2.45, 2.75) is 42.5 Å². The lowest BCUT2D eigenvalue weighted by molar-refractivity contribution is 0.0839. The number of piperidine rings is 1. The molecule has 0 saturated carbocycles. The predicted molar refractivity (Wildman–Crippen MR) is 120 cm³/mol. The maximum Gasteiger partial charge on any atom is 0.0586 e. The van der Waals surface area contributed by atoms with Gasteiger partial charge in [-0.2, -0.15) is 0 Å². The molecule has 4 heteroatoms. The molecule has 0 amide bonds. The molecule has 1 fully saturated rings. The standard InChI is InChI=1S/C24H26ClNOS/c25-23-12-5-9-19(15-26-14-4-3-10-20(26)16-27)22(23)17-28-24-13-6-8-18-7-1-2-11-21(18)24/h1-2,5-9,11-13,20,27H,3-4,10,14-17H2. The van der Waals surface area contributed by atoms with Crippen molar-refractivity contribution in [1.82, 2.24) is 4.90 Å². The average molecular weight is 412 g/mol. The first-order chi connectivity index (χ1) is 13.8. The summed E-state index contributed by atoms with van der Waals surface area (Å²) in [5, 5.41) is 13.1. The van der Waals surface area contributed by atoms with Gasteiger partial charge in [0.25, 0.3) is 0 Å². The van der Waals surface area contributed by atoms with Crippen LogP contribution >= 0.6 is 23.4 Å². The van der Waals surface area contributed by atoms with Gasteiger partial charge in [0.05, 0.1) is 6.61 Å². The minimum atomic E-state index is 0.237. The molecule has 0 bridgehead atoms. The van der Waals surface area contributed by atoms with Crippen molar-refractivity contribution in [1.29, 1.82) is 0 Å². The number of hydrogen-bond acceptors (Lipinski definition) is 3. The number of rotatable bonds is 6. The van der Waals surface area contributed by atoms with Gasteiger partial charge in [-0.1, -0.05) is 66.6 Å². The lowest BCUT2D eigenvalue weighted by Crippen LogP contribution is -2.41. The first kappa shape index (κ1) is 19.8. The molecule has 0 aromatic heterocycles. The van der Waals surface area contributed by atoms with Crippen LogP contribution in [-0.2, 0) is 12.3 Å². The molecule has 4 rings (SSSR count). The van der Waals surface area contributed by atoms with Crippen LogP contribution < -0.4 is 0 Å². The molecule has 146 valence electrons. The van der Waals surface area contributed by atoms with Crippen LogP contribution in [0.2, 0.25) is 5.02 Å². The Morgan fingerprint density at radius 1 is 1.00 bits per heavy atom. The highest BCUT2D eigenvalue weighted by atomic mass is 35.5. The number of nitrogens with zero attached hydrogens (tertiary/aromatic N) is 1. The molecule has 0 spiro atoms. The van der Waals surface area contributed by atoms with Crippen molar-refractivity contribution in [3.63, 3.8) is 0 Å². The van der Waals surface area contributed by atoms with E-state index in [0.29, 0.717) is 0 Å². The highest BCUT2D eigenvalue weighted by Crippen LogP contribution is 2.34. The maximum atomic E-state index is 9.74. The number of thioether (sulfide) groups is 1. The van der Waals surface area contributed by atoms with Crippen LogP contribution in [0.5, 0.6) is 0 Å². The van der Waals surface area contributed by atoms with E-state index in [9.17, 15) is 5.11 Å². The highest BCUT2D eigenvalue weighted by molar-refractivity contribution is 7.98. The Morgan fingerprint density at radius 3 is 2.71 bits per heavy atom. The minimum absolute atomic E-state index is 0.237. The zero-order chi connectivity index (χ0) is 19.3. The molecule has 1 saturated heterocycles. The van der Waals surface area contributed by atoms with E-state index in [4.69, 9.17) is 11.6 Å². The third-order valence-electron chi connectivity index (χ3n) is 5.67. The Balaban J connectivity index is 1.56. The number of benzene rings is 3. The van der Waals surface area contributed by atoms with Crippen LogP contribution in [-0.4, -0.2) is 29.2 Å². The third-order valence-corrected chi connectivity index (χ3v) is 7.12. The van der Waals surface area contributed by atoms with Gasteiger partial charge in [-0.25, -0.2) is 0 Å². The fourth-order valence-electron chi connectivity index (χ4n) is 4.08. The number of fused-ring (bicyclic) bond motifs is 1. The molecular weight excluding hydrogens is 386 g/mol. The van der Waals surface area contributed by atoms with E-state index < -0.39 is 0 Å². The van der Waals surface area contributed by atoms with E-state index in [-0.39, 0.29) is 12.6 Å². The van der Waals surface area contributed by atoms with E-state index in [0.717, 1.165) is 30.3 Å². The van der Waals surface area contributed by atoms with Crippen LogP contribution in [0.15, 0.2) is 65.6 Å². The maximum absolute atomic E-state index is 9.74. The van der Waals surface area contributed by atoms with Crippen molar-refractivity contribution >= 4 is 34.1 Å². The van der Waals surface area contributed by atoms with Crippen molar-refractivity contribution < 1.29 is 5.11 Å². The van der Waals surface area contributed by atoms with Crippen molar-refractivity contribution in [2.75, 3.05) is 13.2 Å². The molecule has 1 aliphatic heterocycles. The quantitative estimate of drug-likeness (QED) is 0.493. The molecule has 3 aromatic carbocycles. The Kier molecular flexibility index (Phi) is 6.58. The summed E-state index contributed by atoms with van der Waals surface area (Å²) in [6, 6.07) is 21.5. The molecular formula is C24H26ClNOS. The summed E-state index contributed by atoms with van der Waals surface area (Å²) in [6.07, 6.45) is 3.50. The fourth-order valence-corrected chi connectivity index (χ4v) is 5.58. The topological polar surface area (TPSA) is 23.5 Å². The van der Waals surface area contributed by atoms with E-state index in [1.165, 1.54) is 39.6 Å². The van der Waals surface area contributed by atoms with Gasteiger partial charge < -0.3 is 5.11 Å². The largest absolute Gasteiger partial charge is 0.395 e. The zero-order valence-corrected chi connectivity index (χ0v) is 17.6. The second kappa shape index (κ2) is 9.32. The van der Waals surface area contributed by atoms with Crippen molar-refractivity contribution in [3.05, 3.63) is 76.8 Å². The molecule has 1 aliphatic rings. The minimum Gasteiger partial charge on any atom is -0.395 e. The van der Waals surface area contributed by atoms with Gasteiger partial charge in [-0.05, 0) is 53.4 Å². The Hall–Kier alpha value is -1.52. The summed E-state index contributed by atoms with van der Waals surface area (Å²) < 4.78 is 0. The molecule has 28 heavy (non-hydrogen) atoms. The number of aliphatic hydroxyl groups is 1. The third kappa shape index (κ3) is 4.38. The number of halogens is 1. The highest BCUT2D eigenvalue weighted by Gasteiger charge is 2.22. The van der Waals surface area contributed by atoms with Gasteiger partial charge in [0.15, 0.2) is 0 Å².